The molecule has 0 amide bonds. The number of carboxylic acids is 1. The van der Waals surface area contributed by atoms with E-state index in [4.69, 9.17) is 5.11 Å². The van der Waals surface area contributed by atoms with E-state index in [9.17, 15) is 4.79 Å². The molecule has 0 radical (unpaired) electrons. The molecule has 3 N–H and O–H groups in total. The molecular formula is C16H24N2O2. The summed E-state index contributed by atoms with van der Waals surface area (Å²) in [4.78, 5) is 10.2. The molecule has 1 saturated heterocycles. The highest BCUT2D eigenvalue weighted by molar-refractivity contribution is 5.87. The van der Waals surface area contributed by atoms with Crippen molar-refractivity contribution in [3.63, 3.8) is 0 Å². The van der Waals surface area contributed by atoms with Crippen LogP contribution in [-0.2, 0) is 0 Å². The molecule has 1 spiro atoms. The van der Waals surface area contributed by atoms with Crippen LogP contribution in [0, 0.1) is 0 Å². The molecule has 2 fully saturated rings. The first-order valence-corrected chi connectivity index (χ1v) is 7.50. The minimum atomic E-state index is -0.879. The summed E-state index contributed by atoms with van der Waals surface area (Å²) in [5.74, 6) is -0.879. The first-order valence-electron chi connectivity index (χ1n) is 7.50. The molecule has 20 heavy (non-hydrogen) atoms. The van der Waals surface area contributed by atoms with E-state index >= 15 is 0 Å². The van der Waals surface area contributed by atoms with E-state index in [-0.39, 0.29) is 0 Å². The van der Waals surface area contributed by atoms with Crippen LogP contribution in [0.1, 0.15) is 55.3 Å². The van der Waals surface area contributed by atoms with Crippen molar-refractivity contribution in [3.8, 4) is 0 Å². The van der Waals surface area contributed by atoms with Crippen molar-refractivity contribution < 1.29 is 9.90 Å². The number of hydrazine groups is 1. The third kappa shape index (κ3) is 4.32. The predicted octanol–water partition coefficient (Wildman–Crippen LogP) is 2.96. The van der Waals surface area contributed by atoms with Gasteiger partial charge in [-0.2, -0.15) is 0 Å². The van der Waals surface area contributed by atoms with Crippen molar-refractivity contribution in [2.24, 2.45) is 0 Å². The molecule has 0 unspecified atom stereocenters. The van der Waals surface area contributed by atoms with E-state index in [1.165, 1.54) is 44.9 Å². The second-order valence-corrected chi connectivity index (χ2v) is 5.67. The second-order valence-electron chi connectivity index (χ2n) is 5.67. The molecule has 0 aromatic heterocycles. The fourth-order valence-corrected chi connectivity index (χ4v) is 3.01. The Kier molecular flexibility index (Phi) is 5.56. The Morgan fingerprint density at radius 1 is 1.00 bits per heavy atom. The third-order valence-corrected chi connectivity index (χ3v) is 4.14. The Morgan fingerprint density at radius 2 is 1.65 bits per heavy atom. The highest BCUT2D eigenvalue weighted by atomic mass is 16.4. The second kappa shape index (κ2) is 7.41. The lowest BCUT2D eigenvalue weighted by Gasteiger charge is -2.41. The Hall–Kier alpha value is -1.39. The highest BCUT2D eigenvalue weighted by Gasteiger charge is 2.32. The normalized spacial score (nSPS) is 20.8. The number of hydrogen-bond donors (Lipinski definition) is 3. The van der Waals surface area contributed by atoms with Crippen LogP contribution < -0.4 is 10.9 Å². The summed E-state index contributed by atoms with van der Waals surface area (Å²) >= 11 is 0. The fraction of sp³-hybridized carbons (Fsp3) is 0.562. The molecule has 2 aliphatic rings. The molecule has 3 rings (SSSR count). The van der Waals surface area contributed by atoms with Gasteiger partial charge >= 0.3 is 5.97 Å². The lowest BCUT2D eigenvalue weighted by molar-refractivity contribution is 0.0697. The third-order valence-electron chi connectivity index (χ3n) is 4.14. The maximum Gasteiger partial charge on any atom is 0.335 e. The summed E-state index contributed by atoms with van der Waals surface area (Å²) in [7, 11) is 0. The van der Waals surface area contributed by atoms with Crippen LogP contribution >= 0.6 is 0 Å². The predicted molar refractivity (Wildman–Crippen MR) is 79.6 cm³/mol. The number of carboxylic acid groups (broad SMARTS) is 1. The average molecular weight is 276 g/mol. The summed E-state index contributed by atoms with van der Waals surface area (Å²) < 4.78 is 0. The van der Waals surface area contributed by atoms with Gasteiger partial charge < -0.3 is 5.11 Å². The van der Waals surface area contributed by atoms with Crippen molar-refractivity contribution in [2.75, 3.05) is 6.54 Å². The number of nitrogens with one attached hydrogen (secondary N) is 2. The minimum Gasteiger partial charge on any atom is -0.478 e. The van der Waals surface area contributed by atoms with Crippen molar-refractivity contribution in [1.82, 2.24) is 10.9 Å². The van der Waals surface area contributed by atoms with Gasteiger partial charge in [0.25, 0.3) is 0 Å². The molecule has 110 valence electrons. The zero-order valence-electron chi connectivity index (χ0n) is 11.9. The Balaban J connectivity index is 0.000000151. The van der Waals surface area contributed by atoms with Gasteiger partial charge in [-0.05, 0) is 37.8 Å². The van der Waals surface area contributed by atoms with Gasteiger partial charge in [-0.25, -0.2) is 4.79 Å². The maximum absolute atomic E-state index is 10.2. The van der Waals surface area contributed by atoms with Crippen LogP contribution in [0.2, 0.25) is 0 Å². The zero-order chi connectivity index (χ0) is 14.3. The van der Waals surface area contributed by atoms with Crippen molar-refractivity contribution in [1.29, 1.82) is 0 Å². The molecule has 1 heterocycles. The molecular weight excluding hydrogens is 252 g/mol. The van der Waals surface area contributed by atoms with E-state index in [1.807, 2.05) is 0 Å². The largest absolute Gasteiger partial charge is 0.478 e. The molecule has 1 saturated carbocycles. The van der Waals surface area contributed by atoms with Gasteiger partial charge in [0, 0.05) is 12.1 Å². The first-order chi connectivity index (χ1) is 9.72. The Labute approximate surface area is 120 Å². The minimum absolute atomic E-state index is 0.331. The van der Waals surface area contributed by atoms with Crippen molar-refractivity contribution in [2.45, 2.75) is 50.5 Å². The number of aromatic carboxylic acids is 1. The smallest absolute Gasteiger partial charge is 0.335 e. The van der Waals surface area contributed by atoms with Crippen molar-refractivity contribution in [3.05, 3.63) is 35.9 Å². The van der Waals surface area contributed by atoms with Crippen LogP contribution in [-0.4, -0.2) is 23.2 Å². The van der Waals surface area contributed by atoms with Crippen LogP contribution in [0.4, 0.5) is 0 Å². The van der Waals surface area contributed by atoms with Crippen LogP contribution in [0.15, 0.2) is 30.3 Å². The number of benzene rings is 1. The van der Waals surface area contributed by atoms with Gasteiger partial charge in [0.2, 0.25) is 0 Å². The van der Waals surface area contributed by atoms with E-state index in [2.05, 4.69) is 10.9 Å². The molecule has 1 aliphatic heterocycles. The standard InChI is InChI=1S/C9H18N2.C7H6O2/c1-2-5-9(6-3-1)7-4-8-10-11-9;8-7(9)6-4-2-1-3-5-6/h10-11H,1-8H2;1-5H,(H,8,9). The lowest BCUT2D eigenvalue weighted by Crippen LogP contribution is -2.57. The van der Waals surface area contributed by atoms with Gasteiger partial charge in [0.1, 0.15) is 0 Å². The van der Waals surface area contributed by atoms with Gasteiger partial charge in [-0.1, -0.05) is 37.5 Å². The van der Waals surface area contributed by atoms with Gasteiger partial charge in [0.15, 0.2) is 0 Å². The van der Waals surface area contributed by atoms with E-state index in [1.54, 1.807) is 30.3 Å². The van der Waals surface area contributed by atoms with Gasteiger partial charge in [-0.15, -0.1) is 0 Å². The molecule has 1 aromatic carbocycles. The van der Waals surface area contributed by atoms with E-state index in [0.717, 1.165) is 6.54 Å². The highest BCUT2D eigenvalue weighted by Crippen LogP contribution is 2.32. The molecule has 0 atom stereocenters. The van der Waals surface area contributed by atoms with Crippen LogP contribution in [0.5, 0.6) is 0 Å². The summed E-state index contributed by atoms with van der Waals surface area (Å²) in [6.07, 6.45) is 9.82. The van der Waals surface area contributed by atoms with Crippen molar-refractivity contribution >= 4 is 5.97 Å². The molecule has 4 nitrogen and oxygen atoms in total. The molecule has 1 aromatic rings. The van der Waals surface area contributed by atoms with Gasteiger partial charge in [0.05, 0.1) is 5.56 Å². The Bertz CT molecular complexity index is 388. The Morgan fingerprint density at radius 3 is 2.15 bits per heavy atom. The average Bonchev–Trinajstić information content (AvgIpc) is 2.50. The monoisotopic (exact) mass is 276 g/mol. The lowest BCUT2D eigenvalue weighted by atomic mass is 9.78. The first kappa shape index (κ1) is 15.0. The summed E-state index contributed by atoms with van der Waals surface area (Å²) in [5.41, 5.74) is 7.61. The molecule has 1 aliphatic carbocycles. The fourth-order valence-electron chi connectivity index (χ4n) is 3.01. The zero-order valence-corrected chi connectivity index (χ0v) is 11.9. The summed E-state index contributed by atoms with van der Waals surface area (Å²) in [6, 6.07) is 8.30. The molecule has 4 heteroatoms. The SMILES string of the molecule is C1CCC2(CC1)CCCNN2.O=C(O)c1ccccc1. The topological polar surface area (TPSA) is 61.4 Å². The molecule has 0 bridgehead atoms. The van der Waals surface area contributed by atoms with E-state index < -0.39 is 5.97 Å². The number of hydrogen-bond acceptors (Lipinski definition) is 3. The number of carbonyl (C=O) groups is 1. The number of rotatable bonds is 1. The summed E-state index contributed by atoms with van der Waals surface area (Å²) in [5, 5.41) is 8.38. The maximum atomic E-state index is 10.2. The summed E-state index contributed by atoms with van der Waals surface area (Å²) in [6.45, 7) is 1.15. The van der Waals surface area contributed by atoms with Crippen LogP contribution in [0.25, 0.3) is 0 Å². The van der Waals surface area contributed by atoms with Gasteiger partial charge in [-0.3, -0.25) is 10.9 Å². The quantitative estimate of drug-likeness (QED) is 0.738. The van der Waals surface area contributed by atoms with E-state index in [0.29, 0.717) is 11.1 Å². The van der Waals surface area contributed by atoms with Crippen LogP contribution in [0.3, 0.4) is 0 Å².